The molecule has 0 unspecified atom stereocenters. The summed E-state index contributed by atoms with van der Waals surface area (Å²) >= 11 is 0. The van der Waals surface area contributed by atoms with Gasteiger partial charge in [0, 0.05) is 44.5 Å². The van der Waals surface area contributed by atoms with Crippen LogP contribution in [0.1, 0.15) is 39.0 Å². The van der Waals surface area contributed by atoms with E-state index in [1.165, 1.54) is 5.56 Å². The van der Waals surface area contributed by atoms with Crippen LogP contribution in [0.5, 0.6) is 11.5 Å². The predicted molar refractivity (Wildman–Crippen MR) is 139 cm³/mol. The van der Waals surface area contributed by atoms with Gasteiger partial charge in [0.25, 0.3) is 5.91 Å². The molecule has 1 aromatic heterocycles. The number of benzene rings is 2. The first-order valence-corrected chi connectivity index (χ1v) is 12.7. The van der Waals surface area contributed by atoms with Gasteiger partial charge in [0.2, 0.25) is 5.91 Å². The zero-order valence-corrected chi connectivity index (χ0v) is 21.1. The van der Waals surface area contributed by atoms with Crippen molar-refractivity contribution in [3.05, 3.63) is 83.0 Å². The van der Waals surface area contributed by atoms with Crippen LogP contribution in [0.15, 0.2) is 60.8 Å². The second-order valence-electron chi connectivity index (χ2n) is 9.66. The molecule has 0 radical (unpaired) electrons. The summed E-state index contributed by atoms with van der Waals surface area (Å²) in [5.41, 5.74) is 3.46. The molecule has 0 saturated carbocycles. The fraction of sp³-hybridized carbons (Fsp3) is 0.345. The third-order valence-electron chi connectivity index (χ3n) is 7.86. The Morgan fingerprint density at radius 1 is 0.892 bits per heavy atom. The molecule has 6 rings (SSSR count). The van der Waals surface area contributed by atoms with Crippen LogP contribution < -0.4 is 14.4 Å². The average Bonchev–Trinajstić information content (AvgIpc) is 2.97. The summed E-state index contributed by atoms with van der Waals surface area (Å²) in [7, 11) is 3.13. The molecule has 2 atom stereocenters. The molecule has 2 aromatic carbocycles. The van der Waals surface area contributed by atoms with Gasteiger partial charge in [-0.2, -0.15) is 0 Å². The molecular weight excluding hydrogens is 468 g/mol. The molecule has 190 valence electrons. The Bertz CT molecular complexity index is 1340. The Labute approximate surface area is 216 Å². The zero-order valence-electron chi connectivity index (χ0n) is 21.1. The van der Waals surface area contributed by atoms with Crippen LogP contribution in [-0.4, -0.2) is 73.5 Å². The van der Waals surface area contributed by atoms with E-state index in [0.717, 1.165) is 17.8 Å². The van der Waals surface area contributed by atoms with E-state index >= 15 is 0 Å². The lowest BCUT2D eigenvalue weighted by atomic mass is 9.75. The maximum atomic E-state index is 14.4. The van der Waals surface area contributed by atoms with Gasteiger partial charge >= 0.3 is 0 Å². The molecule has 8 nitrogen and oxygen atoms in total. The topological polar surface area (TPSA) is 75.2 Å². The fourth-order valence-corrected chi connectivity index (χ4v) is 6.01. The first kappa shape index (κ1) is 23.3. The Morgan fingerprint density at radius 2 is 1.62 bits per heavy atom. The smallest absolute Gasteiger partial charge is 0.254 e. The molecule has 1 fully saturated rings. The van der Waals surface area contributed by atoms with Gasteiger partial charge in [-0.1, -0.05) is 30.3 Å². The van der Waals surface area contributed by atoms with Crippen molar-refractivity contribution in [3.8, 4) is 11.5 Å². The minimum absolute atomic E-state index is 0.0355. The van der Waals surface area contributed by atoms with Crippen LogP contribution in [0.3, 0.4) is 0 Å². The number of nitrogens with zero attached hydrogens (tertiary/aromatic N) is 4. The number of anilines is 1. The minimum Gasteiger partial charge on any atom is -0.493 e. The van der Waals surface area contributed by atoms with Gasteiger partial charge in [0.1, 0.15) is 5.82 Å². The Balaban J connectivity index is 1.40. The number of carbonyl (C=O) groups is 2. The Kier molecular flexibility index (Phi) is 5.94. The second kappa shape index (κ2) is 9.42. The standard InChI is InChI=1S/C29H30N4O4/c1-36-23-17-21-22(18-24(23)37-2)28(34)33-12-10-19-7-3-4-8-20(19)27(33)26(21)29(35)32-15-13-31(14-16-32)25-9-5-6-11-30-25/h3-9,11,17-18,26-27H,10,12-16H2,1-2H3/t26-,27-/m0/s1. The van der Waals surface area contributed by atoms with Gasteiger partial charge in [-0.05, 0) is 47.4 Å². The van der Waals surface area contributed by atoms with Crippen molar-refractivity contribution in [1.29, 1.82) is 0 Å². The van der Waals surface area contributed by atoms with Crippen molar-refractivity contribution >= 4 is 17.6 Å². The summed E-state index contributed by atoms with van der Waals surface area (Å²) in [6.07, 6.45) is 2.56. The molecule has 0 bridgehead atoms. The quantitative estimate of drug-likeness (QED) is 0.550. The van der Waals surface area contributed by atoms with Crippen molar-refractivity contribution in [1.82, 2.24) is 14.8 Å². The summed E-state index contributed by atoms with van der Waals surface area (Å²) in [6.45, 7) is 3.18. The van der Waals surface area contributed by atoms with Crippen molar-refractivity contribution in [2.75, 3.05) is 51.8 Å². The summed E-state index contributed by atoms with van der Waals surface area (Å²) in [5, 5.41) is 0. The Hall–Kier alpha value is -4.07. The number of aromatic nitrogens is 1. The Morgan fingerprint density at radius 3 is 2.35 bits per heavy atom. The highest BCUT2D eigenvalue weighted by Gasteiger charge is 2.48. The number of methoxy groups -OCH3 is 2. The number of rotatable bonds is 4. The van der Waals surface area contributed by atoms with Crippen molar-refractivity contribution in [2.45, 2.75) is 18.4 Å². The zero-order chi connectivity index (χ0) is 25.5. The van der Waals surface area contributed by atoms with Gasteiger partial charge in [0.05, 0.1) is 26.2 Å². The SMILES string of the molecule is COc1cc2c(cc1OC)[C@H](C(=O)N1CCN(c3ccccn3)CC1)[C@@H]1c3ccccc3CCN1C2=O. The average molecular weight is 499 g/mol. The van der Waals surface area contributed by atoms with E-state index < -0.39 is 5.92 Å². The van der Waals surface area contributed by atoms with E-state index in [-0.39, 0.29) is 17.9 Å². The number of ether oxygens (including phenoxy) is 2. The van der Waals surface area contributed by atoms with Crippen molar-refractivity contribution in [2.24, 2.45) is 0 Å². The highest BCUT2D eigenvalue weighted by molar-refractivity contribution is 6.02. The van der Waals surface area contributed by atoms with Crippen LogP contribution in [0.4, 0.5) is 5.82 Å². The summed E-state index contributed by atoms with van der Waals surface area (Å²) in [6, 6.07) is 17.3. The molecule has 3 aliphatic heterocycles. The second-order valence-corrected chi connectivity index (χ2v) is 9.66. The van der Waals surface area contributed by atoms with Gasteiger partial charge in [-0.15, -0.1) is 0 Å². The first-order valence-electron chi connectivity index (χ1n) is 12.7. The molecule has 4 heterocycles. The molecule has 0 aliphatic carbocycles. The molecule has 3 aliphatic rings. The molecular formula is C29H30N4O4. The molecule has 3 aromatic rings. The molecule has 37 heavy (non-hydrogen) atoms. The third kappa shape index (κ3) is 3.87. The van der Waals surface area contributed by atoms with E-state index in [4.69, 9.17) is 9.47 Å². The van der Waals surface area contributed by atoms with Gasteiger partial charge in [-0.25, -0.2) is 4.98 Å². The lowest BCUT2D eigenvalue weighted by molar-refractivity contribution is -0.135. The number of carbonyl (C=O) groups excluding carboxylic acids is 2. The maximum Gasteiger partial charge on any atom is 0.254 e. The monoisotopic (exact) mass is 498 g/mol. The predicted octanol–water partition coefficient (Wildman–Crippen LogP) is 3.28. The highest BCUT2D eigenvalue weighted by atomic mass is 16.5. The molecule has 1 saturated heterocycles. The van der Waals surface area contributed by atoms with Gasteiger partial charge in [0.15, 0.2) is 11.5 Å². The van der Waals surface area contributed by atoms with Crippen LogP contribution >= 0.6 is 0 Å². The van der Waals surface area contributed by atoms with Crippen molar-refractivity contribution in [3.63, 3.8) is 0 Å². The van der Waals surface area contributed by atoms with E-state index in [1.54, 1.807) is 26.5 Å². The largest absolute Gasteiger partial charge is 0.493 e. The number of piperazine rings is 1. The van der Waals surface area contributed by atoms with E-state index in [9.17, 15) is 9.59 Å². The van der Waals surface area contributed by atoms with E-state index in [0.29, 0.717) is 55.3 Å². The summed E-state index contributed by atoms with van der Waals surface area (Å²) in [4.78, 5) is 38.6. The minimum atomic E-state index is -0.532. The number of hydrogen-bond acceptors (Lipinski definition) is 6. The highest BCUT2D eigenvalue weighted by Crippen LogP contribution is 2.49. The molecule has 8 heteroatoms. The van der Waals surface area contributed by atoms with Crippen LogP contribution in [0.2, 0.25) is 0 Å². The summed E-state index contributed by atoms with van der Waals surface area (Å²) in [5.74, 6) is 1.36. The van der Waals surface area contributed by atoms with Crippen LogP contribution in [-0.2, 0) is 11.2 Å². The lowest BCUT2D eigenvalue weighted by Gasteiger charge is -2.47. The maximum absolute atomic E-state index is 14.4. The van der Waals surface area contributed by atoms with Crippen LogP contribution in [0.25, 0.3) is 0 Å². The number of pyridine rings is 1. The van der Waals surface area contributed by atoms with Crippen LogP contribution in [0, 0.1) is 0 Å². The van der Waals surface area contributed by atoms with Gasteiger partial charge in [-0.3, -0.25) is 9.59 Å². The molecule has 0 N–H and O–H groups in total. The summed E-state index contributed by atoms with van der Waals surface area (Å²) < 4.78 is 11.1. The molecule has 2 amide bonds. The van der Waals surface area contributed by atoms with E-state index in [1.807, 2.05) is 46.2 Å². The number of hydrogen-bond donors (Lipinski definition) is 0. The number of fused-ring (bicyclic) bond motifs is 4. The lowest BCUT2D eigenvalue weighted by Crippen LogP contribution is -2.54. The number of amides is 2. The van der Waals surface area contributed by atoms with Gasteiger partial charge < -0.3 is 24.2 Å². The normalized spacial score (nSPS) is 20.6. The molecule has 0 spiro atoms. The van der Waals surface area contributed by atoms with Crippen molar-refractivity contribution < 1.29 is 19.1 Å². The third-order valence-corrected chi connectivity index (χ3v) is 7.86. The van der Waals surface area contributed by atoms with E-state index in [2.05, 4.69) is 22.0 Å². The fourth-order valence-electron chi connectivity index (χ4n) is 6.01. The first-order chi connectivity index (χ1) is 18.1.